The van der Waals surface area contributed by atoms with Gasteiger partial charge in [0.25, 0.3) is 11.7 Å². The zero-order valence-corrected chi connectivity index (χ0v) is 21.0. The molecule has 8 nitrogen and oxygen atoms in total. The number of nitrogens with zero attached hydrogens (tertiary/aromatic N) is 1. The smallest absolute Gasteiger partial charge is 0.300 e. The molecule has 1 atom stereocenters. The number of hydrogen-bond acceptors (Lipinski definition) is 7. The highest BCUT2D eigenvalue weighted by Crippen LogP contribution is 2.45. The Kier molecular flexibility index (Phi) is 6.25. The van der Waals surface area contributed by atoms with Crippen molar-refractivity contribution in [1.82, 2.24) is 0 Å². The molecule has 0 bridgehead atoms. The fourth-order valence-electron chi connectivity index (χ4n) is 4.65. The molecule has 3 aromatic rings. The Morgan fingerprint density at radius 1 is 0.919 bits per heavy atom. The normalized spacial score (nSPS) is 18.0. The molecule has 190 valence electrons. The fourth-order valence-corrected chi connectivity index (χ4v) is 4.65. The minimum atomic E-state index is -0.866. The zero-order valence-electron chi connectivity index (χ0n) is 21.0. The molecule has 1 amide bonds. The van der Waals surface area contributed by atoms with Crippen LogP contribution in [-0.4, -0.2) is 37.8 Å². The number of aliphatic hydroxyl groups is 1. The van der Waals surface area contributed by atoms with E-state index in [9.17, 15) is 14.7 Å². The number of carbonyl (C=O) groups is 2. The molecule has 0 radical (unpaired) electrons. The summed E-state index contributed by atoms with van der Waals surface area (Å²) < 4.78 is 21.6. The summed E-state index contributed by atoms with van der Waals surface area (Å²) in [6.45, 7) is 4.26. The first-order valence-corrected chi connectivity index (χ1v) is 11.9. The van der Waals surface area contributed by atoms with E-state index in [4.69, 9.17) is 18.9 Å². The average Bonchev–Trinajstić information content (AvgIpc) is 3.49. The van der Waals surface area contributed by atoms with E-state index in [0.717, 1.165) is 5.56 Å². The number of ketones is 1. The van der Waals surface area contributed by atoms with Crippen LogP contribution in [0, 0.1) is 0 Å². The van der Waals surface area contributed by atoms with E-state index in [1.54, 1.807) is 36.4 Å². The maximum absolute atomic E-state index is 13.5. The molecule has 37 heavy (non-hydrogen) atoms. The zero-order chi connectivity index (χ0) is 26.3. The number of methoxy groups -OCH3 is 2. The quantitative estimate of drug-likeness (QED) is 0.282. The van der Waals surface area contributed by atoms with Crippen LogP contribution in [0.25, 0.3) is 5.76 Å². The van der Waals surface area contributed by atoms with Gasteiger partial charge in [0.1, 0.15) is 5.76 Å². The van der Waals surface area contributed by atoms with Gasteiger partial charge in [0.05, 0.1) is 25.8 Å². The Balaban J connectivity index is 1.69. The van der Waals surface area contributed by atoms with E-state index in [2.05, 4.69) is 13.8 Å². The van der Waals surface area contributed by atoms with Crippen LogP contribution in [0.3, 0.4) is 0 Å². The van der Waals surface area contributed by atoms with E-state index >= 15 is 0 Å². The predicted octanol–water partition coefficient (Wildman–Crippen LogP) is 5.18. The number of Topliss-reactive ketones (excluding diaryl/α,β-unsaturated/α-hetero) is 1. The number of fused-ring (bicyclic) bond motifs is 1. The van der Waals surface area contributed by atoms with Gasteiger partial charge in [0.15, 0.2) is 23.0 Å². The first kappa shape index (κ1) is 24.2. The maximum atomic E-state index is 13.5. The van der Waals surface area contributed by atoms with E-state index in [1.165, 1.54) is 19.1 Å². The average molecular weight is 502 g/mol. The number of hydrogen-bond donors (Lipinski definition) is 1. The van der Waals surface area contributed by atoms with E-state index in [0.29, 0.717) is 45.7 Å². The summed E-state index contributed by atoms with van der Waals surface area (Å²) in [5.74, 6) is 0.356. The molecule has 1 saturated heterocycles. The number of amides is 1. The van der Waals surface area contributed by atoms with Crippen molar-refractivity contribution in [1.29, 1.82) is 0 Å². The summed E-state index contributed by atoms with van der Waals surface area (Å²) in [7, 11) is 2.99. The number of benzene rings is 3. The van der Waals surface area contributed by atoms with Gasteiger partial charge in [-0.3, -0.25) is 14.5 Å². The summed E-state index contributed by atoms with van der Waals surface area (Å²) in [5, 5.41) is 11.4. The Morgan fingerprint density at radius 2 is 1.62 bits per heavy atom. The van der Waals surface area contributed by atoms with Crippen molar-refractivity contribution >= 4 is 23.1 Å². The van der Waals surface area contributed by atoms with Gasteiger partial charge in [-0.2, -0.15) is 0 Å². The third kappa shape index (κ3) is 4.14. The number of rotatable bonds is 6. The molecule has 1 unspecified atom stereocenters. The van der Waals surface area contributed by atoms with Gasteiger partial charge in [-0.15, -0.1) is 0 Å². The molecular weight excluding hydrogens is 474 g/mol. The fraction of sp³-hybridized carbons (Fsp3) is 0.241. The monoisotopic (exact) mass is 501 g/mol. The number of aliphatic hydroxyl groups excluding tert-OH is 1. The number of anilines is 1. The molecule has 2 heterocycles. The van der Waals surface area contributed by atoms with E-state index < -0.39 is 17.7 Å². The van der Waals surface area contributed by atoms with Gasteiger partial charge in [0, 0.05) is 17.3 Å². The van der Waals surface area contributed by atoms with E-state index in [1.807, 2.05) is 24.3 Å². The van der Waals surface area contributed by atoms with Crippen molar-refractivity contribution in [3.8, 4) is 23.0 Å². The minimum Gasteiger partial charge on any atom is -0.507 e. The highest BCUT2D eigenvalue weighted by molar-refractivity contribution is 6.51. The van der Waals surface area contributed by atoms with Crippen molar-refractivity contribution in [2.24, 2.45) is 0 Å². The van der Waals surface area contributed by atoms with Crippen LogP contribution < -0.4 is 23.8 Å². The van der Waals surface area contributed by atoms with Gasteiger partial charge in [-0.1, -0.05) is 38.1 Å². The first-order valence-electron chi connectivity index (χ1n) is 11.9. The lowest BCUT2D eigenvalue weighted by atomic mass is 9.93. The van der Waals surface area contributed by atoms with Crippen LogP contribution in [-0.2, 0) is 9.59 Å². The second-order valence-electron chi connectivity index (χ2n) is 9.10. The van der Waals surface area contributed by atoms with Crippen LogP contribution in [0.4, 0.5) is 5.69 Å². The van der Waals surface area contributed by atoms with Crippen molar-refractivity contribution in [2.75, 3.05) is 25.9 Å². The first-order chi connectivity index (χ1) is 17.8. The summed E-state index contributed by atoms with van der Waals surface area (Å²) in [6, 6.07) is 16.7. The second-order valence-corrected chi connectivity index (χ2v) is 9.10. The third-order valence-corrected chi connectivity index (χ3v) is 6.65. The summed E-state index contributed by atoms with van der Waals surface area (Å²) >= 11 is 0. The van der Waals surface area contributed by atoms with Gasteiger partial charge >= 0.3 is 0 Å². The van der Waals surface area contributed by atoms with Crippen molar-refractivity contribution in [3.05, 3.63) is 82.9 Å². The van der Waals surface area contributed by atoms with Crippen molar-refractivity contribution in [3.63, 3.8) is 0 Å². The molecule has 2 aliphatic heterocycles. The lowest BCUT2D eigenvalue weighted by molar-refractivity contribution is -0.132. The number of carbonyl (C=O) groups excluding carboxylic acids is 2. The molecule has 8 heteroatoms. The summed E-state index contributed by atoms with van der Waals surface area (Å²) in [4.78, 5) is 28.3. The Morgan fingerprint density at radius 3 is 2.30 bits per heavy atom. The molecular formula is C29H27NO7. The van der Waals surface area contributed by atoms with Crippen molar-refractivity contribution < 1.29 is 33.6 Å². The topological polar surface area (TPSA) is 94.5 Å². The highest BCUT2D eigenvalue weighted by Gasteiger charge is 2.47. The maximum Gasteiger partial charge on any atom is 0.300 e. The van der Waals surface area contributed by atoms with E-state index in [-0.39, 0.29) is 18.1 Å². The lowest BCUT2D eigenvalue weighted by Gasteiger charge is -2.26. The molecule has 5 rings (SSSR count). The molecule has 3 aromatic carbocycles. The minimum absolute atomic E-state index is 0.0211. The lowest BCUT2D eigenvalue weighted by Crippen LogP contribution is -2.29. The van der Waals surface area contributed by atoms with Gasteiger partial charge in [-0.25, -0.2) is 0 Å². The molecule has 0 aromatic heterocycles. The van der Waals surface area contributed by atoms with Crippen LogP contribution >= 0.6 is 0 Å². The van der Waals surface area contributed by atoms with Crippen LogP contribution in [0.1, 0.15) is 42.5 Å². The molecule has 0 aliphatic carbocycles. The van der Waals surface area contributed by atoms with Crippen LogP contribution in [0.2, 0.25) is 0 Å². The molecule has 0 saturated carbocycles. The standard InChI is InChI=1S/C29H27NO7/c1-16(2)17-5-7-18(8-6-17)26-25(27(31)19-9-11-21(34-3)23(13-19)35-4)28(32)29(33)30(26)20-10-12-22-24(14-20)37-15-36-22/h5-14,16,26,31H,15H2,1-4H3/b27-25+. The van der Waals surface area contributed by atoms with Crippen molar-refractivity contribution in [2.45, 2.75) is 25.8 Å². The molecule has 1 N–H and O–H groups in total. The second kappa shape index (κ2) is 9.54. The van der Waals surface area contributed by atoms with Gasteiger partial charge < -0.3 is 24.1 Å². The van der Waals surface area contributed by atoms with Gasteiger partial charge in [0.2, 0.25) is 6.79 Å². The predicted molar refractivity (Wildman–Crippen MR) is 137 cm³/mol. The molecule has 2 aliphatic rings. The van der Waals surface area contributed by atoms with Gasteiger partial charge in [-0.05, 0) is 47.4 Å². The van der Waals surface area contributed by atoms with Crippen LogP contribution in [0.5, 0.6) is 23.0 Å². The summed E-state index contributed by atoms with van der Waals surface area (Å²) in [6.07, 6.45) is 0. The number of ether oxygens (including phenoxy) is 4. The Bertz CT molecular complexity index is 1410. The highest BCUT2D eigenvalue weighted by atomic mass is 16.7. The third-order valence-electron chi connectivity index (χ3n) is 6.65. The largest absolute Gasteiger partial charge is 0.507 e. The Hall–Kier alpha value is -4.46. The molecule has 1 fully saturated rings. The van der Waals surface area contributed by atoms with Crippen LogP contribution in [0.15, 0.2) is 66.2 Å². The summed E-state index contributed by atoms with van der Waals surface area (Å²) in [5.41, 5.74) is 2.56. The SMILES string of the molecule is COc1ccc(/C(O)=C2\C(=O)C(=O)N(c3ccc4c(c3)OCO4)C2c2ccc(C(C)C)cc2)cc1OC. The Labute approximate surface area is 214 Å². The molecule has 0 spiro atoms.